The van der Waals surface area contributed by atoms with Gasteiger partial charge in [-0.1, -0.05) is 13.0 Å². The van der Waals surface area contributed by atoms with Crippen molar-refractivity contribution in [2.24, 2.45) is 0 Å². The molecule has 0 radical (unpaired) electrons. The van der Waals surface area contributed by atoms with Crippen molar-refractivity contribution in [3.8, 4) is 11.6 Å². The number of anilines is 1. The first-order chi connectivity index (χ1) is 14.5. The van der Waals surface area contributed by atoms with Gasteiger partial charge in [0.25, 0.3) is 5.91 Å². The maximum absolute atomic E-state index is 13.2. The van der Waals surface area contributed by atoms with Crippen molar-refractivity contribution in [1.29, 1.82) is 0 Å². The molecule has 31 heavy (non-hydrogen) atoms. The van der Waals surface area contributed by atoms with Crippen LogP contribution in [0.15, 0.2) is 30.5 Å². The van der Waals surface area contributed by atoms with Crippen molar-refractivity contribution in [2.75, 3.05) is 4.90 Å². The van der Waals surface area contributed by atoms with Crippen LogP contribution in [-0.4, -0.2) is 28.6 Å². The van der Waals surface area contributed by atoms with Gasteiger partial charge < -0.3 is 14.8 Å². The van der Waals surface area contributed by atoms with Gasteiger partial charge in [0.15, 0.2) is 6.10 Å². The third kappa shape index (κ3) is 3.60. The Morgan fingerprint density at radius 3 is 2.68 bits per heavy atom. The van der Waals surface area contributed by atoms with Crippen LogP contribution in [0.25, 0.3) is 0 Å². The number of amides is 3. The zero-order valence-electron chi connectivity index (χ0n) is 17.0. The van der Waals surface area contributed by atoms with Crippen LogP contribution in [0.4, 0.5) is 23.7 Å². The highest BCUT2D eigenvalue weighted by Gasteiger charge is 2.48. The molecule has 2 aliphatic heterocycles. The minimum absolute atomic E-state index is 0.0115. The Morgan fingerprint density at radius 2 is 2.06 bits per heavy atom. The molecule has 1 N–H and O–H groups in total. The van der Waals surface area contributed by atoms with E-state index >= 15 is 0 Å². The molecular formula is C21H20F3N3O4. The summed E-state index contributed by atoms with van der Waals surface area (Å²) in [4.78, 5) is 30.1. The molecule has 0 saturated carbocycles. The van der Waals surface area contributed by atoms with Crippen LogP contribution < -0.4 is 15.0 Å². The summed E-state index contributed by atoms with van der Waals surface area (Å²) in [6.07, 6.45) is -4.76. The molecular weight excluding hydrogens is 415 g/mol. The van der Waals surface area contributed by atoms with E-state index in [0.29, 0.717) is 17.5 Å². The summed E-state index contributed by atoms with van der Waals surface area (Å²) in [6.45, 7) is 5.00. The average molecular weight is 435 g/mol. The Kier molecular flexibility index (Phi) is 4.92. The number of hydrogen-bond acceptors (Lipinski definition) is 5. The van der Waals surface area contributed by atoms with E-state index in [0.717, 1.165) is 4.90 Å². The zero-order chi connectivity index (χ0) is 22.6. The van der Waals surface area contributed by atoms with Crippen molar-refractivity contribution in [3.05, 3.63) is 47.2 Å². The lowest BCUT2D eigenvalue weighted by atomic mass is 9.99. The molecule has 1 fully saturated rings. The molecule has 4 rings (SSSR count). The first-order valence-corrected chi connectivity index (χ1v) is 9.66. The van der Waals surface area contributed by atoms with Gasteiger partial charge >= 0.3 is 12.2 Å². The van der Waals surface area contributed by atoms with Crippen LogP contribution >= 0.6 is 0 Å². The largest absolute Gasteiger partial charge is 0.439 e. The van der Waals surface area contributed by atoms with Crippen molar-refractivity contribution in [2.45, 2.75) is 51.6 Å². The first kappa shape index (κ1) is 21.1. The number of aryl methyl sites for hydroxylation is 1. The lowest BCUT2D eigenvalue weighted by molar-refractivity contribution is -0.219. The quantitative estimate of drug-likeness (QED) is 0.714. The number of aromatic nitrogens is 1. The first-order valence-electron chi connectivity index (χ1n) is 9.66. The molecule has 0 spiro atoms. The number of fused-ring (bicyclic) bond motifs is 1. The van der Waals surface area contributed by atoms with E-state index in [-0.39, 0.29) is 35.4 Å². The van der Waals surface area contributed by atoms with Crippen molar-refractivity contribution >= 4 is 17.6 Å². The fraction of sp³-hybridized carbons (Fsp3) is 0.381. The normalized spacial score (nSPS) is 23.2. The second-order valence-corrected chi connectivity index (χ2v) is 7.77. The summed E-state index contributed by atoms with van der Waals surface area (Å²) in [7, 11) is 0. The minimum Gasteiger partial charge on any atom is -0.439 e. The Bertz CT molecular complexity index is 1070. The lowest BCUT2D eigenvalue weighted by Crippen LogP contribution is -2.43. The number of imide groups is 1. The number of hydrogen-bond donors (Lipinski definition) is 1. The highest BCUT2D eigenvalue weighted by atomic mass is 19.4. The number of carbonyl (C=O) groups is 2. The molecule has 0 aliphatic carbocycles. The Balaban J connectivity index is 1.58. The summed E-state index contributed by atoms with van der Waals surface area (Å²) >= 11 is 0. The second-order valence-electron chi connectivity index (χ2n) is 7.77. The van der Waals surface area contributed by atoms with E-state index in [1.807, 2.05) is 0 Å². The number of ether oxygens (including phenoxy) is 2. The number of alkyl halides is 3. The summed E-state index contributed by atoms with van der Waals surface area (Å²) in [5, 5.41) is 2.67. The van der Waals surface area contributed by atoms with Crippen LogP contribution in [0.1, 0.15) is 43.1 Å². The summed E-state index contributed by atoms with van der Waals surface area (Å²) in [5.74, 6) is -0.0569. The van der Waals surface area contributed by atoms with E-state index in [1.54, 1.807) is 32.9 Å². The molecule has 0 unspecified atom stereocenters. The number of benzene rings is 1. The van der Waals surface area contributed by atoms with E-state index in [1.165, 1.54) is 18.3 Å². The van der Waals surface area contributed by atoms with Crippen LogP contribution in [0, 0.1) is 6.92 Å². The van der Waals surface area contributed by atoms with Gasteiger partial charge in [0, 0.05) is 5.56 Å². The van der Waals surface area contributed by atoms with Gasteiger partial charge in [-0.3, -0.25) is 4.79 Å². The predicted octanol–water partition coefficient (Wildman–Crippen LogP) is 4.54. The Hall–Kier alpha value is -3.14. The van der Waals surface area contributed by atoms with Gasteiger partial charge in [-0.05, 0) is 49.6 Å². The van der Waals surface area contributed by atoms with E-state index in [9.17, 15) is 22.8 Å². The lowest BCUT2D eigenvalue weighted by Gasteiger charge is -2.19. The summed E-state index contributed by atoms with van der Waals surface area (Å²) in [5.41, 5.74) is 0.266. The zero-order valence-corrected chi connectivity index (χ0v) is 17.0. The number of urea groups is 1. The third-order valence-electron chi connectivity index (χ3n) is 5.56. The molecule has 7 nitrogen and oxygen atoms in total. The molecule has 0 bridgehead atoms. The average Bonchev–Trinajstić information content (AvgIpc) is 3.22. The van der Waals surface area contributed by atoms with Gasteiger partial charge in [-0.2, -0.15) is 13.2 Å². The molecule has 2 aliphatic rings. The molecule has 164 valence electrons. The highest BCUT2D eigenvalue weighted by Crippen LogP contribution is 2.44. The van der Waals surface area contributed by atoms with Crippen LogP contribution in [0.3, 0.4) is 0 Å². The molecule has 10 heteroatoms. The molecule has 1 aromatic carbocycles. The fourth-order valence-electron chi connectivity index (χ4n) is 3.59. The monoisotopic (exact) mass is 435 g/mol. The van der Waals surface area contributed by atoms with Gasteiger partial charge in [0.1, 0.15) is 11.3 Å². The van der Waals surface area contributed by atoms with Crippen LogP contribution in [-0.2, 0) is 16.1 Å². The SMILES string of the molecule is CC[C@@]1(C)NC(=O)N(c2cnc(Oc3ccc4c(c3)[C@H](C(F)(F)F)OC4)c(C)c2)C1=O. The number of nitrogens with one attached hydrogen (secondary N) is 1. The minimum atomic E-state index is -4.52. The van der Waals surface area contributed by atoms with Gasteiger partial charge in [-0.25, -0.2) is 14.7 Å². The number of carbonyl (C=O) groups excluding carboxylic acids is 2. The maximum atomic E-state index is 13.2. The molecule has 1 saturated heterocycles. The molecule has 2 atom stereocenters. The predicted molar refractivity (Wildman–Crippen MR) is 104 cm³/mol. The second kappa shape index (κ2) is 7.23. The van der Waals surface area contributed by atoms with E-state index < -0.39 is 23.9 Å². The third-order valence-corrected chi connectivity index (χ3v) is 5.56. The fourth-order valence-corrected chi connectivity index (χ4v) is 3.59. The highest BCUT2D eigenvalue weighted by molar-refractivity contribution is 6.23. The smallest absolute Gasteiger partial charge is 0.418 e. The van der Waals surface area contributed by atoms with Gasteiger partial charge in [-0.15, -0.1) is 0 Å². The van der Waals surface area contributed by atoms with Crippen molar-refractivity contribution in [3.63, 3.8) is 0 Å². The number of pyridine rings is 1. The van der Waals surface area contributed by atoms with Crippen LogP contribution in [0.5, 0.6) is 11.6 Å². The van der Waals surface area contributed by atoms with Crippen molar-refractivity contribution < 1.29 is 32.2 Å². The summed E-state index contributed by atoms with van der Waals surface area (Å²) in [6, 6.07) is 5.38. The van der Waals surface area contributed by atoms with Gasteiger partial charge in [0.05, 0.1) is 18.5 Å². The van der Waals surface area contributed by atoms with E-state index in [2.05, 4.69) is 10.3 Å². The Morgan fingerprint density at radius 1 is 1.32 bits per heavy atom. The molecule has 1 aromatic heterocycles. The molecule has 3 heterocycles. The topological polar surface area (TPSA) is 80.8 Å². The number of halogens is 3. The van der Waals surface area contributed by atoms with Gasteiger partial charge in [0.2, 0.25) is 5.88 Å². The number of rotatable bonds is 4. The number of nitrogens with zero attached hydrogens (tertiary/aromatic N) is 2. The molecule has 3 amide bonds. The summed E-state index contributed by atoms with van der Waals surface area (Å²) < 4.78 is 50.0. The maximum Gasteiger partial charge on any atom is 0.418 e. The molecule has 2 aromatic rings. The van der Waals surface area contributed by atoms with Crippen molar-refractivity contribution in [1.82, 2.24) is 10.3 Å². The standard InChI is InChI=1S/C21H20F3N3O4/c1-4-20(3)18(28)27(19(29)26-20)13-7-11(2)17(25-9-13)31-14-6-5-12-10-30-16(15(12)8-14)21(22,23)24/h5-9,16H,4,10H2,1-3H3,(H,26,29)/t16-,20-/m1/s1. The Labute approximate surface area is 176 Å². The van der Waals surface area contributed by atoms with Crippen LogP contribution in [0.2, 0.25) is 0 Å². The van der Waals surface area contributed by atoms with E-state index in [4.69, 9.17) is 9.47 Å².